The largest absolute Gasteiger partial charge is 0.453 e. The highest BCUT2D eigenvalue weighted by atomic mass is 16.5. The second-order valence-electron chi connectivity index (χ2n) is 14.8. The number of nitrogens with zero attached hydrogens (tertiary/aromatic N) is 4. The Kier molecular flexibility index (Phi) is 10.2. The van der Waals surface area contributed by atoms with Crippen LogP contribution in [0.1, 0.15) is 62.3 Å². The number of aromatic amines is 2. The van der Waals surface area contributed by atoms with Gasteiger partial charge >= 0.3 is 12.2 Å². The molecule has 0 radical (unpaired) electrons. The fourth-order valence-corrected chi connectivity index (χ4v) is 8.39. The van der Waals surface area contributed by atoms with E-state index < -0.39 is 23.3 Å². The van der Waals surface area contributed by atoms with E-state index in [9.17, 15) is 19.2 Å². The zero-order chi connectivity index (χ0) is 38.9. The third kappa shape index (κ3) is 6.98. The number of amides is 4. The average molecular weight is 767 g/mol. The molecular weight excluding hydrogens is 720 g/mol. The highest BCUT2D eigenvalue weighted by Gasteiger charge is 2.50. The maximum atomic E-state index is 13.8. The lowest BCUT2D eigenvalue weighted by Crippen LogP contribution is -2.60. The van der Waals surface area contributed by atoms with Crippen LogP contribution in [0.15, 0.2) is 60.9 Å². The average Bonchev–Trinajstić information content (AvgIpc) is 4.08. The summed E-state index contributed by atoms with van der Waals surface area (Å²) in [7, 11) is 2.56. The molecule has 4 amide bonds. The van der Waals surface area contributed by atoms with Gasteiger partial charge in [-0.15, -0.1) is 0 Å². The topological polar surface area (TPSA) is 193 Å². The molecule has 2 aromatic heterocycles. The van der Waals surface area contributed by atoms with E-state index in [1.165, 1.54) is 14.2 Å². The van der Waals surface area contributed by atoms with Crippen molar-refractivity contribution in [1.82, 2.24) is 40.4 Å². The van der Waals surface area contributed by atoms with Crippen LogP contribution in [0.3, 0.4) is 0 Å². The van der Waals surface area contributed by atoms with Crippen LogP contribution in [0.4, 0.5) is 9.59 Å². The van der Waals surface area contributed by atoms with Gasteiger partial charge in [-0.25, -0.2) is 19.6 Å². The van der Waals surface area contributed by atoms with Gasteiger partial charge in [0.2, 0.25) is 0 Å². The Hall–Kier alpha value is -5.74. The van der Waals surface area contributed by atoms with Gasteiger partial charge < -0.3 is 49.3 Å². The van der Waals surface area contributed by atoms with Gasteiger partial charge in [0, 0.05) is 39.1 Å². The number of methoxy groups -OCH3 is 2. The second kappa shape index (κ2) is 15.4. The minimum atomic E-state index is -1.15. The summed E-state index contributed by atoms with van der Waals surface area (Å²) in [6.45, 7) is 2.10. The van der Waals surface area contributed by atoms with Crippen molar-refractivity contribution < 1.29 is 38.1 Å². The molecule has 16 heteroatoms. The molecule has 0 aliphatic carbocycles. The van der Waals surface area contributed by atoms with Crippen molar-refractivity contribution in [3.05, 3.63) is 72.6 Å². The zero-order valence-corrected chi connectivity index (χ0v) is 31.5. The summed E-state index contributed by atoms with van der Waals surface area (Å²) in [6, 6.07) is 15.9. The van der Waals surface area contributed by atoms with Gasteiger partial charge in [-0.05, 0) is 47.9 Å². The van der Waals surface area contributed by atoms with E-state index in [2.05, 4.69) is 54.8 Å². The first kappa shape index (κ1) is 37.2. The molecule has 4 N–H and O–H groups in total. The van der Waals surface area contributed by atoms with Crippen LogP contribution in [-0.4, -0.2) is 119 Å². The number of likely N-dealkylation sites (tertiary alicyclic amines) is 2. The second-order valence-corrected chi connectivity index (χ2v) is 14.8. The Morgan fingerprint density at radius 3 is 1.41 bits per heavy atom. The fourth-order valence-electron chi connectivity index (χ4n) is 8.39. The lowest BCUT2D eigenvalue weighted by atomic mass is 9.96. The zero-order valence-electron chi connectivity index (χ0n) is 31.5. The highest BCUT2D eigenvalue weighted by molar-refractivity contribution is 5.92. The highest BCUT2D eigenvalue weighted by Crippen LogP contribution is 2.37. The predicted octanol–water partition coefficient (Wildman–Crippen LogP) is 4.49. The molecule has 4 aliphatic rings. The molecule has 0 unspecified atom stereocenters. The van der Waals surface area contributed by atoms with Crippen LogP contribution in [-0.2, 0) is 28.5 Å². The number of carbonyl (C=O) groups is 4. The quantitative estimate of drug-likeness (QED) is 0.189. The van der Waals surface area contributed by atoms with Gasteiger partial charge in [0.05, 0.1) is 63.3 Å². The monoisotopic (exact) mass is 766 g/mol. The maximum Gasteiger partial charge on any atom is 0.407 e. The molecule has 6 heterocycles. The van der Waals surface area contributed by atoms with Crippen LogP contribution < -0.4 is 10.6 Å². The first-order valence-electron chi connectivity index (χ1n) is 19.0. The summed E-state index contributed by atoms with van der Waals surface area (Å²) < 4.78 is 20.7. The van der Waals surface area contributed by atoms with Crippen LogP contribution in [0.25, 0.3) is 33.6 Å². The van der Waals surface area contributed by atoms with Crippen LogP contribution in [0.5, 0.6) is 0 Å². The van der Waals surface area contributed by atoms with Crippen LogP contribution >= 0.6 is 0 Å². The van der Waals surface area contributed by atoms with Gasteiger partial charge in [0.15, 0.2) is 0 Å². The molecule has 16 nitrogen and oxygen atoms in total. The number of benzene rings is 2. The van der Waals surface area contributed by atoms with Crippen molar-refractivity contribution in [2.75, 3.05) is 53.7 Å². The molecule has 8 rings (SSSR count). The van der Waals surface area contributed by atoms with Crippen molar-refractivity contribution in [2.45, 2.75) is 61.7 Å². The van der Waals surface area contributed by atoms with Crippen molar-refractivity contribution >= 4 is 24.0 Å². The van der Waals surface area contributed by atoms with Crippen molar-refractivity contribution in [2.24, 2.45) is 0 Å². The standard InChI is InChI=1S/C40H46N8O8/c1-53-37(51)45-39(15-19-55-23-39)35(49)47-17-3-5-31(47)33-41-21-29(43-33)27-11-7-25(8-12-27)26-9-13-28(14-10-26)30-22-42-34(44-30)32-6-4-18-48(32)36(50)40(16-20-56-24-40)46-38(52)54-2/h7-14,21-22,31-32H,3-6,15-20,23-24H2,1-2H3,(H,41,43)(H,42,44)(H,45,51)(H,46,52)/t31-,32-,39-,40-/m0/s1. The van der Waals surface area contributed by atoms with Crippen LogP contribution in [0.2, 0.25) is 0 Å². The lowest BCUT2D eigenvalue weighted by molar-refractivity contribution is -0.140. The van der Waals surface area contributed by atoms with Gasteiger partial charge in [0.1, 0.15) is 22.7 Å². The van der Waals surface area contributed by atoms with E-state index in [0.717, 1.165) is 59.3 Å². The van der Waals surface area contributed by atoms with Crippen molar-refractivity contribution in [3.8, 4) is 33.6 Å². The van der Waals surface area contributed by atoms with Gasteiger partial charge in [-0.2, -0.15) is 0 Å². The van der Waals surface area contributed by atoms with E-state index in [0.29, 0.717) is 50.8 Å². The van der Waals surface area contributed by atoms with Gasteiger partial charge in [-0.3, -0.25) is 9.59 Å². The number of alkyl carbamates (subject to hydrolysis) is 2. The van der Waals surface area contributed by atoms with E-state index >= 15 is 0 Å². The third-order valence-electron chi connectivity index (χ3n) is 11.5. The summed E-state index contributed by atoms with van der Waals surface area (Å²) in [5.74, 6) is 1.04. The number of carbonyl (C=O) groups excluding carboxylic acids is 4. The first-order chi connectivity index (χ1) is 27.2. The summed E-state index contributed by atoms with van der Waals surface area (Å²) in [5, 5.41) is 5.49. The summed E-state index contributed by atoms with van der Waals surface area (Å²) in [6.07, 6.45) is 6.20. The lowest BCUT2D eigenvalue weighted by Gasteiger charge is -2.34. The van der Waals surface area contributed by atoms with E-state index in [1.807, 2.05) is 24.3 Å². The normalized spacial score (nSPS) is 24.7. The minimum Gasteiger partial charge on any atom is -0.453 e. The number of nitrogens with one attached hydrogen (secondary N) is 4. The molecule has 56 heavy (non-hydrogen) atoms. The molecule has 4 aliphatic heterocycles. The van der Waals surface area contributed by atoms with Gasteiger partial charge in [0.25, 0.3) is 11.8 Å². The molecule has 4 atom stereocenters. The molecule has 0 bridgehead atoms. The molecule has 4 fully saturated rings. The Morgan fingerprint density at radius 2 is 1.05 bits per heavy atom. The van der Waals surface area contributed by atoms with Crippen LogP contribution in [0, 0.1) is 0 Å². The van der Waals surface area contributed by atoms with Crippen molar-refractivity contribution in [3.63, 3.8) is 0 Å². The number of aromatic nitrogens is 4. The Morgan fingerprint density at radius 1 is 0.661 bits per heavy atom. The fraction of sp³-hybridized carbons (Fsp3) is 0.450. The predicted molar refractivity (Wildman–Crippen MR) is 202 cm³/mol. The van der Waals surface area contributed by atoms with Crippen molar-refractivity contribution in [1.29, 1.82) is 0 Å². The van der Waals surface area contributed by atoms with E-state index in [4.69, 9.17) is 18.9 Å². The number of H-pyrrole nitrogens is 2. The molecule has 0 spiro atoms. The number of hydrogen-bond acceptors (Lipinski definition) is 10. The first-order valence-corrected chi connectivity index (χ1v) is 19.0. The number of ether oxygens (including phenoxy) is 4. The molecule has 2 aromatic carbocycles. The Bertz CT molecular complexity index is 1920. The molecule has 4 aromatic rings. The smallest absolute Gasteiger partial charge is 0.407 e. The molecule has 0 saturated carbocycles. The number of rotatable bonds is 9. The number of hydrogen-bond donors (Lipinski definition) is 4. The van der Waals surface area contributed by atoms with E-state index in [-0.39, 0.29) is 37.1 Å². The SMILES string of the molecule is COC(=O)N[C@@]1(C(=O)N2CCC[C@H]2c2ncc(-c3ccc(-c4ccc(-c5cnc([C@@H]6CCCN6C(=O)[C@]6(NC(=O)OC)CCOC6)[nH]5)cc4)cc3)[nH]2)CCOC1. The Balaban J connectivity index is 0.923. The Labute approximate surface area is 323 Å². The summed E-state index contributed by atoms with van der Waals surface area (Å²) in [5.41, 5.74) is 3.40. The molecular formula is C40H46N8O8. The molecule has 4 saturated heterocycles. The number of imidazole rings is 2. The van der Waals surface area contributed by atoms with E-state index in [1.54, 1.807) is 22.2 Å². The molecule has 294 valence electrons. The van der Waals surface area contributed by atoms with Gasteiger partial charge in [-0.1, -0.05) is 48.5 Å². The maximum absolute atomic E-state index is 13.8. The summed E-state index contributed by atoms with van der Waals surface area (Å²) in [4.78, 5) is 71.8. The summed E-state index contributed by atoms with van der Waals surface area (Å²) >= 11 is 0. The third-order valence-corrected chi connectivity index (χ3v) is 11.5. The minimum absolute atomic E-state index is 0.104.